The minimum atomic E-state index is -0.379. The quantitative estimate of drug-likeness (QED) is 0.636. The fraction of sp³-hybridized carbons (Fsp3) is 0.176. The molecule has 0 heterocycles. The summed E-state index contributed by atoms with van der Waals surface area (Å²) in [6.45, 7) is 3.75. The number of carbonyl (C=O) groups is 1. The van der Waals surface area contributed by atoms with E-state index in [9.17, 15) is 9.18 Å². The summed E-state index contributed by atoms with van der Waals surface area (Å²) >= 11 is 3.42. The highest BCUT2D eigenvalue weighted by molar-refractivity contribution is 9.10. The second kappa shape index (κ2) is 7.87. The van der Waals surface area contributed by atoms with Crippen LogP contribution in [0.4, 0.5) is 4.39 Å². The van der Waals surface area contributed by atoms with E-state index in [1.807, 2.05) is 26.0 Å². The predicted octanol–water partition coefficient (Wildman–Crippen LogP) is 3.73. The number of hydrogen-bond donors (Lipinski definition) is 1. The summed E-state index contributed by atoms with van der Waals surface area (Å²) < 4.78 is 19.1. The molecule has 0 saturated heterocycles. The van der Waals surface area contributed by atoms with Crippen LogP contribution >= 0.6 is 15.9 Å². The first-order valence-electron chi connectivity index (χ1n) is 6.92. The van der Waals surface area contributed by atoms with E-state index in [4.69, 9.17) is 4.74 Å². The lowest BCUT2D eigenvalue weighted by Crippen LogP contribution is -2.24. The van der Waals surface area contributed by atoms with Crippen LogP contribution in [0.3, 0.4) is 0 Å². The van der Waals surface area contributed by atoms with Crippen molar-refractivity contribution in [2.45, 2.75) is 13.8 Å². The molecule has 1 amide bonds. The van der Waals surface area contributed by atoms with Gasteiger partial charge in [0.1, 0.15) is 11.6 Å². The zero-order chi connectivity index (χ0) is 16.8. The highest BCUT2D eigenvalue weighted by Crippen LogP contribution is 2.29. The van der Waals surface area contributed by atoms with Gasteiger partial charge in [-0.3, -0.25) is 4.79 Å². The number of benzene rings is 2. The third-order valence-corrected chi connectivity index (χ3v) is 3.58. The van der Waals surface area contributed by atoms with Crippen LogP contribution in [0.1, 0.15) is 16.7 Å². The molecular weight excluding hydrogens is 363 g/mol. The van der Waals surface area contributed by atoms with Crippen molar-refractivity contribution in [1.29, 1.82) is 0 Å². The van der Waals surface area contributed by atoms with Crippen LogP contribution in [-0.4, -0.2) is 18.7 Å². The Labute approximate surface area is 142 Å². The SMILES string of the molecule is Cc1cc(C)c(OCC(=O)N/N=C\c2ccc(F)cc2)c(Br)c1. The maximum Gasteiger partial charge on any atom is 0.277 e. The van der Waals surface area contributed by atoms with E-state index in [0.29, 0.717) is 11.3 Å². The van der Waals surface area contributed by atoms with Gasteiger partial charge in [0, 0.05) is 0 Å². The molecular formula is C17H16BrFN2O2. The van der Waals surface area contributed by atoms with Gasteiger partial charge in [0.05, 0.1) is 10.7 Å². The summed E-state index contributed by atoms with van der Waals surface area (Å²) in [4.78, 5) is 11.7. The molecule has 0 radical (unpaired) electrons. The second-order valence-electron chi connectivity index (χ2n) is 5.03. The third kappa shape index (κ3) is 5.17. The highest BCUT2D eigenvalue weighted by Gasteiger charge is 2.08. The van der Waals surface area contributed by atoms with Crippen LogP contribution in [0.25, 0.3) is 0 Å². The lowest BCUT2D eigenvalue weighted by molar-refractivity contribution is -0.123. The molecule has 1 N–H and O–H groups in total. The molecule has 0 aliphatic heterocycles. The molecule has 6 heteroatoms. The third-order valence-electron chi connectivity index (χ3n) is 2.99. The summed E-state index contributed by atoms with van der Waals surface area (Å²) in [5, 5.41) is 3.80. The molecule has 0 unspecified atom stereocenters. The van der Waals surface area contributed by atoms with Crippen LogP contribution in [0.15, 0.2) is 46.0 Å². The number of halogens is 2. The molecule has 0 spiro atoms. The molecule has 0 saturated carbocycles. The highest BCUT2D eigenvalue weighted by atomic mass is 79.9. The number of hydrogen-bond acceptors (Lipinski definition) is 3. The monoisotopic (exact) mass is 378 g/mol. The molecule has 120 valence electrons. The topological polar surface area (TPSA) is 50.7 Å². The van der Waals surface area contributed by atoms with E-state index in [1.54, 1.807) is 12.1 Å². The Hall–Kier alpha value is -2.21. The van der Waals surface area contributed by atoms with Crippen molar-refractivity contribution < 1.29 is 13.9 Å². The Morgan fingerprint density at radius 1 is 1.30 bits per heavy atom. The van der Waals surface area contributed by atoms with Gasteiger partial charge in [-0.2, -0.15) is 5.10 Å². The number of nitrogens with zero attached hydrogens (tertiary/aromatic N) is 1. The lowest BCUT2D eigenvalue weighted by atomic mass is 10.1. The normalized spacial score (nSPS) is 10.8. The largest absolute Gasteiger partial charge is 0.482 e. The maximum absolute atomic E-state index is 12.8. The summed E-state index contributed by atoms with van der Waals surface area (Å²) in [5.74, 6) is -0.0675. The first kappa shape index (κ1) is 17.1. The van der Waals surface area contributed by atoms with Gasteiger partial charge in [0.2, 0.25) is 0 Å². The molecule has 2 rings (SSSR count). The van der Waals surface area contributed by atoms with Gasteiger partial charge in [-0.1, -0.05) is 18.2 Å². The Morgan fingerprint density at radius 3 is 2.65 bits per heavy atom. The van der Waals surface area contributed by atoms with Crippen molar-refractivity contribution in [3.05, 3.63) is 63.4 Å². The predicted molar refractivity (Wildman–Crippen MR) is 91.2 cm³/mol. The van der Waals surface area contributed by atoms with Crippen LogP contribution in [0, 0.1) is 19.7 Å². The molecule has 0 aromatic heterocycles. The van der Waals surface area contributed by atoms with E-state index >= 15 is 0 Å². The van der Waals surface area contributed by atoms with Crippen LogP contribution in [0.2, 0.25) is 0 Å². The zero-order valence-electron chi connectivity index (χ0n) is 12.8. The van der Waals surface area contributed by atoms with Crippen molar-refractivity contribution >= 4 is 28.1 Å². The van der Waals surface area contributed by atoms with Crippen LogP contribution in [0.5, 0.6) is 5.75 Å². The molecule has 0 bridgehead atoms. The van der Waals surface area contributed by atoms with Gasteiger partial charge in [0.15, 0.2) is 6.61 Å². The molecule has 0 fully saturated rings. The first-order valence-corrected chi connectivity index (χ1v) is 7.72. The van der Waals surface area contributed by atoms with Crippen LogP contribution < -0.4 is 10.2 Å². The number of ether oxygens (including phenoxy) is 1. The Balaban J connectivity index is 1.87. The molecule has 23 heavy (non-hydrogen) atoms. The van der Waals surface area contributed by atoms with Crippen molar-refractivity contribution in [2.24, 2.45) is 5.10 Å². The van der Waals surface area contributed by atoms with Crippen molar-refractivity contribution in [3.8, 4) is 5.75 Å². The summed E-state index contributed by atoms with van der Waals surface area (Å²) in [6.07, 6.45) is 1.43. The molecule has 0 aliphatic carbocycles. The van der Waals surface area contributed by atoms with Gasteiger partial charge < -0.3 is 4.74 Å². The van der Waals surface area contributed by atoms with Gasteiger partial charge >= 0.3 is 0 Å². The van der Waals surface area contributed by atoms with Gasteiger partial charge in [-0.15, -0.1) is 0 Å². The second-order valence-corrected chi connectivity index (χ2v) is 5.88. The Bertz CT molecular complexity index is 707. The molecule has 2 aromatic carbocycles. The molecule has 0 atom stereocenters. The van der Waals surface area contributed by atoms with E-state index in [1.165, 1.54) is 18.3 Å². The van der Waals surface area contributed by atoms with Gasteiger partial charge in [0.25, 0.3) is 5.91 Å². The van der Waals surface area contributed by atoms with Crippen molar-refractivity contribution in [3.63, 3.8) is 0 Å². The average molecular weight is 379 g/mol. The number of carbonyl (C=O) groups excluding carboxylic acids is 1. The van der Waals surface area contributed by atoms with Crippen LogP contribution in [-0.2, 0) is 4.79 Å². The van der Waals surface area contributed by atoms with Crippen molar-refractivity contribution in [2.75, 3.05) is 6.61 Å². The first-order chi connectivity index (χ1) is 11.0. The smallest absolute Gasteiger partial charge is 0.277 e. The summed E-state index contributed by atoms with van der Waals surface area (Å²) in [6, 6.07) is 9.67. The number of nitrogens with one attached hydrogen (secondary N) is 1. The van der Waals surface area contributed by atoms with E-state index in [-0.39, 0.29) is 18.3 Å². The summed E-state index contributed by atoms with van der Waals surface area (Å²) in [7, 11) is 0. The molecule has 4 nitrogen and oxygen atoms in total. The van der Waals surface area contributed by atoms with E-state index in [0.717, 1.165) is 15.6 Å². The number of hydrazone groups is 1. The fourth-order valence-corrected chi connectivity index (χ4v) is 2.77. The molecule has 0 aliphatic rings. The van der Waals surface area contributed by atoms with E-state index in [2.05, 4.69) is 26.5 Å². The minimum absolute atomic E-state index is 0.150. The maximum atomic E-state index is 12.8. The average Bonchev–Trinajstić information content (AvgIpc) is 2.48. The van der Waals surface area contributed by atoms with Crippen molar-refractivity contribution in [1.82, 2.24) is 5.43 Å². The minimum Gasteiger partial charge on any atom is -0.482 e. The standard InChI is InChI=1S/C17H16BrFN2O2/c1-11-7-12(2)17(15(18)8-11)23-10-16(22)21-20-9-13-3-5-14(19)6-4-13/h3-9H,10H2,1-2H3,(H,21,22)/b20-9-. The molecule has 2 aromatic rings. The van der Waals surface area contributed by atoms with Gasteiger partial charge in [-0.05, 0) is 64.7 Å². The van der Waals surface area contributed by atoms with Gasteiger partial charge in [-0.25, -0.2) is 9.82 Å². The number of aryl methyl sites for hydroxylation is 2. The summed E-state index contributed by atoms with van der Waals surface area (Å²) in [5.41, 5.74) is 5.10. The Kier molecular flexibility index (Phi) is 5.87. The number of amides is 1. The fourth-order valence-electron chi connectivity index (χ4n) is 1.98. The Morgan fingerprint density at radius 2 is 2.00 bits per heavy atom. The lowest BCUT2D eigenvalue weighted by Gasteiger charge is -2.11. The number of rotatable bonds is 5. The zero-order valence-corrected chi connectivity index (χ0v) is 14.4. The van der Waals surface area contributed by atoms with E-state index < -0.39 is 0 Å².